The van der Waals surface area contributed by atoms with E-state index in [1.54, 1.807) is 24.4 Å². The molecule has 6 nitrogen and oxygen atoms in total. The van der Waals surface area contributed by atoms with Crippen molar-refractivity contribution in [3.05, 3.63) is 75.7 Å². The number of ether oxygens (including phenoxy) is 1. The number of aromatic nitrogens is 2. The van der Waals surface area contributed by atoms with Crippen molar-refractivity contribution in [3.63, 3.8) is 0 Å². The second-order valence-electron chi connectivity index (χ2n) is 7.41. The third-order valence-electron chi connectivity index (χ3n) is 5.28. The van der Waals surface area contributed by atoms with Crippen LogP contribution in [0.15, 0.2) is 48.9 Å². The first kappa shape index (κ1) is 26.1. The molecule has 3 heterocycles. The Bertz CT molecular complexity index is 1100. The van der Waals surface area contributed by atoms with Gasteiger partial charge in [0.1, 0.15) is 17.7 Å². The number of halogens is 2. The van der Waals surface area contributed by atoms with Crippen LogP contribution >= 0.6 is 35.0 Å². The van der Waals surface area contributed by atoms with Gasteiger partial charge in [0.25, 0.3) is 0 Å². The Hall–Kier alpha value is -2.48. The van der Waals surface area contributed by atoms with Crippen LogP contribution in [0, 0.1) is 5.41 Å². The number of hydrogen-bond acceptors (Lipinski definition) is 7. The number of nitrogens with one attached hydrogen (secondary N) is 1. The Balaban J connectivity index is 0.00000158. The van der Waals surface area contributed by atoms with Crippen LogP contribution in [0.1, 0.15) is 43.6 Å². The Kier molecular flexibility index (Phi) is 9.45. The Labute approximate surface area is 215 Å². The highest BCUT2D eigenvalue weighted by molar-refractivity contribution is 7.99. The van der Waals surface area contributed by atoms with E-state index in [9.17, 15) is 0 Å². The van der Waals surface area contributed by atoms with E-state index in [1.807, 2.05) is 44.7 Å². The normalized spacial score (nSPS) is 14.1. The molecule has 1 atom stereocenters. The third-order valence-corrected chi connectivity index (χ3v) is 6.82. The van der Waals surface area contributed by atoms with Gasteiger partial charge in [-0.05, 0) is 37.3 Å². The summed E-state index contributed by atoms with van der Waals surface area (Å²) in [6.45, 7) is 7.84. The summed E-state index contributed by atoms with van der Waals surface area (Å²) < 4.78 is 6.07. The van der Waals surface area contributed by atoms with Gasteiger partial charge in [0.05, 0.1) is 15.8 Å². The van der Waals surface area contributed by atoms with Crippen molar-refractivity contribution in [1.29, 1.82) is 5.41 Å². The molecule has 1 unspecified atom stereocenters. The van der Waals surface area contributed by atoms with Crippen molar-refractivity contribution in [1.82, 2.24) is 9.97 Å². The quantitative estimate of drug-likeness (QED) is 0.286. The van der Waals surface area contributed by atoms with Crippen molar-refractivity contribution < 1.29 is 4.74 Å². The second-order valence-corrected chi connectivity index (χ2v) is 9.44. The average Bonchev–Trinajstić information content (AvgIpc) is 2.86. The number of thioether (sulfide) groups is 1. The maximum absolute atomic E-state index is 8.69. The van der Waals surface area contributed by atoms with Gasteiger partial charge < -0.3 is 15.4 Å². The number of anilines is 2. The molecule has 34 heavy (non-hydrogen) atoms. The van der Waals surface area contributed by atoms with E-state index >= 15 is 0 Å². The summed E-state index contributed by atoms with van der Waals surface area (Å²) in [5.41, 5.74) is 8.89. The number of hydrogen-bond donors (Lipinski definition) is 2. The van der Waals surface area contributed by atoms with E-state index in [0.29, 0.717) is 38.2 Å². The summed E-state index contributed by atoms with van der Waals surface area (Å²) in [6.07, 6.45) is 4.39. The Morgan fingerprint density at radius 1 is 1.09 bits per heavy atom. The summed E-state index contributed by atoms with van der Waals surface area (Å²) >= 11 is 14.5. The van der Waals surface area contributed by atoms with Gasteiger partial charge in [-0.3, -0.25) is 10.4 Å². The average molecular weight is 519 g/mol. The minimum Gasteiger partial charge on any atom is -0.486 e. The van der Waals surface area contributed by atoms with Gasteiger partial charge in [-0.15, -0.1) is 0 Å². The van der Waals surface area contributed by atoms with Crippen LogP contribution in [0.4, 0.5) is 11.5 Å². The SMILES string of the molecule is CC.CC(Oc1ccc(N)c(C(=N)c2ccc(N3CCSCC3)nc2)c1)c1c(Cl)cncc1Cl. The molecule has 0 spiro atoms. The topological polar surface area (TPSA) is 88.1 Å². The summed E-state index contributed by atoms with van der Waals surface area (Å²) in [5, 5.41) is 9.57. The molecule has 1 saturated heterocycles. The van der Waals surface area contributed by atoms with Gasteiger partial charge >= 0.3 is 0 Å². The van der Waals surface area contributed by atoms with Crippen LogP contribution < -0.4 is 15.4 Å². The lowest BCUT2D eigenvalue weighted by Gasteiger charge is -2.27. The number of nitrogens with zero attached hydrogens (tertiary/aromatic N) is 3. The van der Waals surface area contributed by atoms with Gasteiger partial charge in [-0.25, -0.2) is 4.98 Å². The van der Waals surface area contributed by atoms with Crippen LogP contribution in [0.2, 0.25) is 10.0 Å². The fourth-order valence-corrected chi connectivity index (χ4v) is 5.14. The highest BCUT2D eigenvalue weighted by Gasteiger charge is 2.18. The van der Waals surface area contributed by atoms with E-state index in [0.717, 1.165) is 30.4 Å². The maximum Gasteiger partial charge on any atom is 0.128 e. The number of rotatable bonds is 6. The number of pyridine rings is 2. The molecule has 2 aromatic heterocycles. The highest BCUT2D eigenvalue weighted by atomic mass is 35.5. The molecule has 0 bridgehead atoms. The van der Waals surface area contributed by atoms with Crippen molar-refractivity contribution >= 4 is 52.2 Å². The second kappa shape index (κ2) is 12.3. The summed E-state index contributed by atoms with van der Waals surface area (Å²) in [7, 11) is 0. The lowest BCUT2D eigenvalue weighted by atomic mass is 10.0. The van der Waals surface area contributed by atoms with Crippen LogP contribution in [-0.4, -0.2) is 40.3 Å². The summed E-state index contributed by atoms with van der Waals surface area (Å²) in [5.74, 6) is 3.71. The summed E-state index contributed by atoms with van der Waals surface area (Å²) in [4.78, 5) is 10.8. The van der Waals surface area contributed by atoms with Crippen molar-refractivity contribution in [2.75, 3.05) is 35.2 Å². The first-order chi connectivity index (χ1) is 16.4. The smallest absolute Gasteiger partial charge is 0.128 e. The molecule has 0 aliphatic carbocycles. The van der Waals surface area contributed by atoms with E-state index in [1.165, 1.54) is 12.4 Å². The minimum absolute atomic E-state index is 0.286. The van der Waals surface area contributed by atoms with Gasteiger partial charge in [0.15, 0.2) is 0 Å². The van der Waals surface area contributed by atoms with Gasteiger partial charge in [0, 0.05) is 65.6 Å². The lowest BCUT2D eigenvalue weighted by Crippen LogP contribution is -2.33. The fraction of sp³-hybridized carbons (Fsp3) is 0.320. The van der Waals surface area contributed by atoms with Gasteiger partial charge in [-0.1, -0.05) is 37.0 Å². The monoisotopic (exact) mass is 517 g/mol. The molecule has 0 radical (unpaired) electrons. The van der Waals surface area contributed by atoms with E-state index in [2.05, 4.69) is 14.9 Å². The molecular formula is C25H29Cl2N5OS. The zero-order valence-electron chi connectivity index (χ0n) is 19.5. The van der Waals surface area contributed by atoms with Crippen molar-refractivity contribution in [2.45, 2.75) is 26.9 Å². The van der Waals surface area contributed by atoms with Gasteiger partial charge in [0.2, 0.25) is 0 Å². The third kappa shape index (κ3) is 6.14. The lowest BCUT2D eigenvalue weighted by molar-refractivity contribution is 0.227. The van der Waals surface area contributed by atoms with E-state index in [-0.39, 0.29) is 5.71 Å². The number of nitrogens with two attached hydrogens (primary N) is 1. The van der Waals surface area contributed by atoms with E-state index in [4.69, 9.17) is 39.1 Å². The molecule has 180 valence electrons. The van der Waals surface area contributed by atoms with Crippen molar-refractivity contribution in [2.24, 2.45) is 0 Å². The van der Waals surface area contributed by atoms with Crippen molar-refractivity contribution in [3.8, 4) is 5.75 Å². The van der Waals surface area contributed by atoms with Crippen LogP contribution in [0.3, 0.4) is 0 Å². The molecule has 1 aliphatic heterocycles. The fourth-order valence-electron chi connectivity index (χ4n) is 3.57. The molecule has 0 saturated carbocycles. The molecule has 1 fully saturated rings. The van der Waals surface area contributed by atoms with Gasteiger partial charge in [-0.2, -0.15) is 11.8 Å². The summed E-state index contributed by atoms with van der Waals surface area (Å²) in [6, 6.07) is 9.13. The zero-order chi connectivity index (χ0) is 24.7. The standard InChI is InChI=1S/C23H23Cl2N5OS.C2H6/c1-14(22-18(24)12-28-13-19(22)25)31-16-3-4-20(26)17(10-16)23(27)15-2-5-21(29-11-15)30-6-8-32-9-7-30;1-2/h2-5,10-14,27H,6-9,26H2,1H3;1-2H3. The molecule has 0 amide bonds. The Morgan fingerprint density at radius 3 is 2.38 bits per heavy atom. The van der Waals surface area contributed by atoms with Crippen LogP contribution in [0.5, 0.6) is 5.75 Å². The molecule has 3 N–H and O–H groups in total. The number of benzene rings is 1. The zero-order valence-corrected chi connectivity index (χ0v) is 21.8. The molecule has 1 aromatic carbocycles. The molecule has 3 aromatic rings. The predicted molar refractivity (Wildman–Crippen MR) is 145 cm³/mol. The first-order valence-electron chi connectivity index (χ1n) is 11.2. The number of nitrogen functional groups attached to an aromatic ring is 1. The Morgan fingerprint density at radius 2 is 1.76 bits per heavy atom. The predicted octanol–water partition coefficient (Wildman–Crippen LogP) is 6.50. The minimum atomic E-state index is -0.410. The first-order valence-corrected chi connectivity index (χ1v) is 13.1. The maximum atomic E-state index is 8.69. The van der Waals surface area contributed by atoms with E-state index < -0.39 is 6.10 Å². The van der Waals surface area contributed by atoms with Crippen LogP contribution in [0.25, 0.3) is 0 Å². The largest absolute Gasteiger partial charge is 0.486 e. The van der Waals surface area contributed by atoms with Crippen LogP contribution in [-0.2, 0) is 0 Å². The highest BCUT2D eigenvalue weighted by Crippen LogP contribution is 2.33. The molecule has 4 rings (SSSR count). The molecular weight excluding hydrogens is 489 g/mol. The molecule has 1 aliphatic rings. The molecule has 9 heteroatoms.